The molecule has 1 amide bonds. The number of nitrogens with one attached hydrogen (secondary N) is 1. The number of hydrogen-bond donors (Lipinski definition) is 2. The van der Waals surface area contributed by atoms with Crippen molar-refractivity contribution in [3.8, 4) is 11.5 Å². The molecule has 2 aromatic heterocycles. The van der Waals surface area contributed by atoms with Gasteiger partial charge in [-0.1, -0.05) is 18.2 Å². The minimum Gasteiger partial charge on any atom is -0.465 e. The van der Waals surface area contributed by atoms with Crippen LogP contribution in [0.25, 0.3) is 11.0 Å². The summed E-state index contributed by atoms with van der Waals surface area (Å²) in [4.78, 5) is 14.8. The van der Waals surface area contributed by atoms with E-state index in [0.717, 1.165) is 16.4 Å². The lowest BCUT2D eigenvalue weighted by Crippen LogP contribution is -2.42. The van der Waals surface area contributed by atoms with Gasteiger partial charge in [-0.25, -0.2) is 35.3 Å². The second kappa shape index (κ2) is 8.53. The predicted octanol–water partition coefficient (Wildman–Crippen LogP) is 4.63. The van der Waals surface area contributed by atoms with Gasteiger partial charge in [-0.05, 0) is 18.2 Å². The Balaban J connectivity index is 1.69. The van der Waals surface area contributed by atoms with Gasteiger partial charge in [0.2, 0.25) is 0 Å². The van der Waals surface area contributed by atoms with E-state index in [1.807, 2.05) is 5.32 Å². The molecule has 2 N–H and O–H groups in total. The molecule has 0 aliphatic carbocycles. The summed E-state index contributed by atoms with van der Waals surface area (Å²) >= 11 is 0. The van der Waals surface area contributed by atoms with Crippen LogP contribution in [0.15, 0.2) is 65.8 Å². The number of nitrogens with zero attached hydrogens (tertiary/aromatic N) is 2. The third kappa shape index (κ3) is 3.91. The standard InChI is InChI=1S/C23H16F3N3O6S/c24-16-8-13(28-22(30)31)9-17(25)20(16)35-18-6-7-27-21-19(18)15(23(26)11-34-12-23)10-29(21)36(32,33)14-4-2-1-3-5-14/h1-10,28H,11-12H2,(H,30,31). The van der Waals surface area contributed by atoms with Crippen LogP contribution in [0.1, 0.15) is 5.56 Å². The second-order valence-corrected chi connectivity index (χ2v) is 9.74. The molecular weight excluding hydrogens is 503 g/mol. The summed E-state index contributed by atoms with van der Waals surface area (Å²) < 4.78 is 82.9. The van der Waals surface area contributed by atoms with E-state index in [1.165, 1.54) is 30.3 Å². The van der Waals surface area contributed by atoms with Crippen molar-refractivity contribution in [2.75, 3.05) is 18.5 Å². The van der Waals surface area contributed by atoms with E-state index >= 15 is 4.39 Å². The van der Waals surface area contributed by atoms with Gasteiger partial charge >= 0.3 is 6.09 Å². The van der Waals surface area contributed by atoms with Gasteiger partial charge in [-0.3, -0.25) is 5.32 Å². The highest BCUT2D eigenvalue weighted by atomic mass is 32.2. The number of amides is 1. The van der Waals surface area contributed by atoms with Gasteiger partial charge in [-0.2, -0.15) is 0 Å². The summed E-state index contributed by atoms with van der Waals surface area (Å²) in [7, 11) is -4.23. The molecule has 0 spiro atoms. The SMILES string of the molecule is O=C(O)Nc1cc(F)c(Oc2ccnc3c2c(C2(F)COC2)cn3S(=O)(=O)c2ccccc2)c(F)c1. The monoisotopic (exact) mass is 519 g/mol. The van der Waals surface area contributed by atoms with Gasteiger partial charge in [0.05, 0.1) is 29.2 Å². The molecule has 0 atom stereocenters. The molecule has 0 unspecified atom stereocenters. The predicted molar refractivity (Wildman–Crippen MR) is 120 cm³/mol. The van der Waals surface area contributed by atoms with E-state index in [2.05, 4.69) is 4.98 Å². The first kappa shape index (κ1) is 23.6. The Bertz CT molecular complexity index is 1580. The Morgan fingerprint density at radius 3 is 2.39 bits per heavy atom. The van der Waals surface area contributed by atoms with Gasteiger partial charge in [0.25, 0.3) is 10.0 Å². The van der Waals surface area contributed by atoms with Crippen LogP contribution in [-0.2, 0) is 20.4 Å². The van der Waals surface area contributed by atoms with E-state index in [0.29, 0.717) is 12.1 Å². The highest BCUT2D eigenvalue weighted by Gasteiger charge is 2.45. The van der Waals surface area contributed by atoms with Crippen LogP contribution in [0.2, 0.25) is 0 Å². The Morgan fingerprint density at radius 1 is 1.14 bits per heavy atom. The fourth-order valence-corrected chi connectivity index (χ4v) is 5.15. The van der Waals surface area contributed by atoms with Crippen LogP contribution in [0.5, 0.6) is 11.5 Å². The smallest absolute Gasteiger partial charge is 0.409 e. The number of carbonyl (C=O) groups is 1. The number of halogens is 3. The van der Waals surface area contributed by atoms with Crippen LogP contribution < -0.4 is 10.1 Å². The number of benzene rings is 2. The average Bonchev–Trinajstić information content (AvgIpc) is 3.22. The molecule has 36 heavy (non-hydrogen) atoms. The van der Waals surface area contributed by atoms with Gasteiger partial charge in [0, 0.05) is 30.1 Å². The van der Waals surface area contributed by atoms with E-state index in [-0.39, 0.29) is 46.1 Å². The van der Waals surface area contributed by atoms with Crippen molar-refractivity contribution >= 4 is 32.8 Å². The minimum atomic E-state index is -4.23. The number of ether oxygens (including phenoxy) is 2. The maximum absolute atomic E-state index is 15.6. The van der Waals surface area contributed by atoms with Gasteiger partial charge < -0.3 is 14.6 Å². The normalized spacial score (nSPS) is 14.9. The summed E-state index contributed by atoms with van der Waals surface area (Å²) in [5.74, 6) is -3.66. The highest BCUT2D eigenvalue weighted by molar-refractivity contribution is 7.90. The zero-order valence-corrected chi connectivity index (χ0v) is 18.9. The third-order valence-corrected chi connectivity index (χ3v) is 7.19. The van der Waals surface area contributed by atoms with Crippen molar-refractivity contribution in [3.05, 3.63) is 78.1 Å². The summed E-state index contributed by atoms with van der Waals surface area (Å²) in [6.45, 7) is -0.742. The number of pyridine rings is 1. The fourth-order valence-electron chi connectivity index (χ4n) is 3.81. The number of anilines is 1. The molecule has 1 saturated heterocycles. The Morgan fingerprint density at radius 2 is 1.81 bits per heavy atom. The van der Waals surface area contributed by atoms with Crippen molar-refractivity contribution in [1.82, 2.24) is 8.96 Å². The van der Waals surface area contributed by atoms with Crippen LogP contribution in [-0.4, -0.2) is 41.8 Å². The lowest BCUT2D eigenvalue weighted by atomic mass is 9.94. The van der Waals surface area contributed by atoms with E-state index in [1.54, 1.807) is 6.07 Å². The fraction of sp³-hybridized carbons (Fsp3) is 0.130. The van der Waals surface area contributed by atoms with Crippen LogP contribution in [0.3, 0.4) is 0 Å². The lowest BCUT2D eigenvalue weighted by Gasteiger charge is -2.33. The number of aromatic nitrogens is 2. The molecule has 0 radical (unpaired) electrons. The molecule has 1 fully saturated rings. The van der Waals surface area contributed by atoms with Crippen LogP contribution in [0.4, 0.5) is 23.7 Å². The zero-order chi connectivity index (χ0) is 25.7. The first-order valence-electron chi connectivity index (χ1n) is 10.3. The molecular formula is C23H16F3N3O6S. The molecule has 13 heteroatoms. The van der Waals surface area contributed by atoms with E-state index in [9.17, 15) is 22.0 Å². The lowest BCUT2D eigenvalue weighted by molar-refractivity contribution is -0.134. The van der Waals surface area contributed by atoms with E-state index in [4.69, 9.17) is 14.6 Å². The molecule has 1 aliphatic rings. The van der Waals surface area contributed by atoms with Crippen molar-refractivity contribution in [2.24, 2.45) is 0 Å². The maximum Gasteiger partial charge on any atom is 0.409 e. The van der Waals surface area contributed by atoms with Crippen LogP contribution in [0, 0.1) is 11.6 Å². The molecule has 0 bridgehead atoms. The first-order valence-corrected chi connectivity index (χ1v) is 11.8. The number of fused-ring (bicyclic) bond motifs is 1. The Labute approximate surface area is 201 Å². The Kier molecular flexibility index (Phi) is 5.60. The second-order valence-electron chi connectivity index (χ2n) is 7.92. The molecule has 4 aromatic rings. The largest absolute Gasteiger partial charge is 0.465 e. The quantitative estimate of drug-likeness (QED) is 0.381. The van der Waals surface area contributed by atoms with Gasteiger partial charge in [0.1, 0.15) is 5.75 Å². The van der Waals surface area contributed by atoms with Crippen molar-refractivity contribution in [2.45, 2.75) is 10.6 Å². The first-order chi connectivity index (χ1) is 17.1. The van der Waals surface area contributed by atoms with Crippen molar-refractivity contribution in [1.29, 1.82) is 0 Å². The number of rotatable bonds is 6. The maximum atomic E-state index is 15.6. The molecule has 5 rings (SSSR count). The summed E-state index contributed by atoms with van der Waals surface area (Å²) in [6.07, 6.45) is 0.679. The van der Waals surface area contributed by atoms with E-state index < -0.39 is 39.2 Å². The summed E-state index contributed by atoms with van der Waals surface area (Å²) in [5, 5.41) is 10.5. The molecule has 9 nitrogen and oxygen atoms in total. The summed E-state index contributed by atoms with van der Waals surface area (Å²) in [5.41, 5.74) is -2.83. The zero-order valence-electron chi connectivity index (χ0n) is 18.1. The van der Waals surface area contributed by atoms with Gasteiger partial charge in [0.15, 0.2) is 28.7 Å². The Hall–Kier alpha value is -4.10. The topological polar surface area (TPSA) is 120 Å². The minimum absolute atomic E-state index is 0.0852. The van der Waals surface area contributed by atoms with Crippen molar-refractivity contribution < 1.29 is 41.0 Å². The highest BCUT2D eigenvalue weighted by Crippen LogP contribution is 2.44. The average molecular weight is 519 g/mol. The van der Waals surface area contributed by atoms with Crippen molar-refractivity contribution in [3.63, 3.8) is 0 Å². The summed E-state index contributed by atoms with van der Waals surface area (Å²) in [6, 6.07) is 9.99. The third-order valence-electron chi connectivity index (χ3n) is 5.52. The molecule has 2 aromatic carbocycles. The van der Waals surface area contributed by atoms with Gasteiger partial charge in [-0.15, -0.1) is 0 Å². The number of hydrogen-bond acceptors (Lipinski definition) is 6. The number of alkyl halides is 1. The molecule has 3 heterocycles. The van der Waals surface area contributed by atoms with Crippen LogP contribution >= 0.6 is 0 Å². The molecule has 1 aliphatic heterocycles. The molecule has 0 saturated carbocycles. The molecule has 186 valence electrons. The number of carboxylic acid groups (broad SMARTS) is 1.